The van der Waals surface area contributed by atoms with Gasteiger partial charge in [-0.3, -0.25) is 4.79 Å². The SMILES string of the molecule is CCNC(CCn1c(C)nc2ccccc21)C(=O)OCC. The van der Waals surface area contributed by atoms with E-state index in [9.17, 15) is 4.79 Å². The summed E-state index contributed by atoms with van der Waals surface area (Å²) in [5.74, 6) is 0.789. The molecule has 1 N–H and O–H groups in total. The number of likely N-dealkylation sites (N-methyl/N-ethyl adjacent to an activating group) is 1. The number of esters is 1. The van der Waals surface area contributed by atoms with Gasteiger partial charge in [0.25, 0.3) is 0 Å². The number of nitrogens with zero attached hydrogens (tertiary/aromatic N) is 2. The van der Waals surface area contributed by atoms with E-state index in [1.165, 1.54) is 0 Å². The number of rotatable bonds is 7. The topological polar surface area (TPSA) is 56.2 Å². The Morgan fingerprint density at radius 3 is 2.86 bits per heavy atom. The molecular formula is C16H23N3O2. The zero-order chi connectivity index (χ0) is 15.2. The van der Waals surface area contributed by atoms with Crippen molar-refractivity contribution in [3.63, 3.8) is 0 Å². The Labute approximate surface area is 125 Å². The first-order valence-corrected chi connectivity index (χ1v) is 7.49. The number of hydrogen-bond donors (Lipinski definition) is 1. The standard InChI is InChI=1S/C16H23N3O2/c1-4-17-14(16(20)21-5-2)10-11-19-12(3)18-13-8-6-7-9-15(13)19/h6-9,14,17H,4-5,10-11H2,1-3H3. The van der Waals surface area contributed by atoms with Gasteiger partial charge in [-0.15, -0.1) is 0 Å². The fourth-order valence-corrected chi connectivity index (χ4v) is 2.53. The first-order chi connectivity index (χ1) is 10.2. The largest absolute Gasteiger partial charge is 0.465 e. The summed E-state index contributed by atoms with van der Waals surface area (Å²) in [6, 6.07) is 7.79. The van der Waals surface area contributed by atoms with Crippen molar-refractivity contribution in [2.75, 3.05) is 13.2 Å². The summed E-state index contributed by atoms with van der Waals surface area (Å²) >= 11 is 0. The number of aromatic nitrogens is 2. The first kappa shape index (κ1) is 15.5. The van der Waals surface area contributed by atoms with E-state index >= 15 is 0 Å². The summed E-state index contributed by atoms with van der Waals surface area (Å²) < 4.78 is 7.27. The number of fused-ring (bicyclic) bond motifs is 1. The molecule has 0 aliphatic carbocycles. The molecule has 1 aromatic carbocycles. The molecule has 0 saturated heterocycles. The maximum Gasteiger partial charge on any atom is 0.323 e. The molecule has 0 spiro atoms. The Morgan fingerprint density at radius 1 is 1.38 bits per heavy atom. The molecule has 2 rings (SSSR count). The van der Waals surface area contributed by atoms with Crippen LogP contribution in [0.3, 0.4) is 0 Å². The molecular weight excluding hydrogens is 266 g/mol. The molecule has 5 nitrogen and oxygen atoms in total. The lowest BCUT2D eigenvalue weighted by Gasteiger charge is -2.17. The van der Waals surface area contributed by atoms with E-state index in [0.717, 1.165) is 29.9 Å². The van der Waals surface area contributed by atoms with Crippen molar-refractivity contribution in [2.24, 2.45) is 0 Å². The number of carbonyl (C=O) groups excluding carboxylic acids is 1. The van der Waals surface area contributed by atoms with Crippen LogP contribution >= 0.6 is 0 Å². The van der Waals surface area contributed by atoms with Gasteiger partial charge in [0.15, 0.2) is 0 Å². The lowest BCUT2D eigenvalue weighted by atomic mass is 10.2. The van der Waals surface area contributed by atoms with E-state index < -0.39 is 0 Å². The molecule has 1 atom stereocenters. The molecule has 0 aliphatic rings. The third kappa shape index (κ3) is 3.61. The molecule has 21 heavy (non-hydrogen) atoms. The Kier molecular flexibility index (Phi) is 5.33. The van der Waals surface area contributed by atoms with Gasteiger partial charge in [0.2, 0.25) is 0 Å². The smallest absolute Gasteiger partial charge is 0.323 e. The lowest BCUT2D eigenvalue weighted by molar-refractivity contribution is -0.145. The van der Waals surface area contributed by atoms with Crippen LogP contribution in [0, 0.1) is 6.92 Å². The van der Waals surface area contributed by atoms with Gasteiger partial charge >= 0.3 is 5.97 Å². The first-order valence-electron chi connectivity index (χ1n) is 7.49. The van der Waals surface area contributed by atoms with Gasteiger partial charge < -0.3 is 14.6 Å². The van der Waals surface area contributed by atoms with Gasteiger partial charge in [-0.25, -0.2) is 4.98 Å². The summed E-state index contributed by atoms with van der Waals surface area (Å²) in [4.78, 5) is 16.5. The molecule has 0 radical (unpaired) electrons. The summed E-state index contributed by atoms with van der Waals surface area (Å²) in [5.41, 5.74) is 2.10. The zero-order valence-corrected chi connectivity index (χ0v) is 12.9. The van der Waals surface area contributed by atoms with Crippen molar-refractivity contribution in [1.82, 2.24) is 14.9 Å². The maximum atomic E-state index is 11.9. The highest BCUT2D eigenvalue weighted by Gasteiger charge is 2.19. The van der Waals surface area contributed by atoms with Crippen LogP contribution in [-0.2, 0) is 16.1 Å². The van der Waals surface area contributed by atoms with Crippen LogP contribution in [0.5, 0.6) is 0 Å². The quantitative estimate of drug-likeness (QED) is 0.795. The molecule has 0 fully saturated rings. The number of ether oxygens (including phenoxy) is 1. The second-order valence-electron chi connectivity index (χ2n) is 4.95. The van der Waals surface area contributed by atoms with Crippen LogP contribution in [-0.4, -0.2) is 34.7 Å². The monoisotopic (exact) mass is 289 g/mol. The highest BCUT2D eigenvalue weighted by atomic mass is 16.5. The average Bonchev–Trinajstić information content (AvgIpc) is 2.79. The van der Waals surface area contributed by atoms with Crippen LogP contribution in [0.4, 0.5) is 0 Å². The molecule has 0 bridgehead atoms. The lowest BCUT2D eigenvalue weighted by Crippen LogP contribution is -2.38. The fraction of sp³-hybridized carbons (Fsp3) is 0.500. The second-order valence-corrected chi connectivity index (χ2v) is 4.95. The third-order valence-corrected chi connectivity index (χ3v) is 3.51. The van der Waals surface area contributed by atoms with E-state index in [0.29, 0.717) is 13.0 Å². The van der Waals surface area contributed by atoms with Crippen LogP contribution < -0.4 is 5.32 Å². The summed E-state index contributed by atoms with van der Waals surface area (Å²) in [6.07, 6.45) is 0.688. The summed E-state index contributed by atoms with van der Waals surface area (Å²) in [7, 11) is 0. The Hall–Kier alpha value is -1.88. The van der Waals surface area contributed by atoms with Crippen LogP contribution in [0.2, 0.25) is 0 Å². The Balaban J connectivity index is 2.12. The fourth-order valence-electron chi connectivity index (χ4n) is 2.53. The molecule has 0 saturated carbocycles. The minimum atomic E-state index is -0.268. The average molecular weight is 289 g/mol. The number of hydrogen-bond acceptors (Lipinski definition) is 4. The van der Waals surface area contributed by atoms with Gasteiger partial charge in [-0.05, 0) is 38.9 Å². The van der Waals surface area contributed by atoms with Crippen molar-refractivity contribution in [3.05, 3.63) is 30.1 Å². The number of para-hydroxylation sites is 2. The molecule has 0 aliphatic heterocycles. The van der Waals surface area contributed by atoms with Gasteiger partial charge in [0.05, 0.1) is 17.6 Å². The number of imidazole rings is 1. The highest BCUT2D eigenvalue weighted by Crippen LogP contribution is 2.16. The molecule has 1 unspecified atom stereocenters. The summed E-state index contributed by atoms with van der Waals surface area (Å²) in [5, 5.41) is 3.19. The van der Waals surface area contributed by atoms with Gasteiger partial charge in [-0.2, -0.15) is 0 Å². The maximum absolute atomic E-state index is 11.9. The molecule has 1 aromatic heterocycles. The van der Waals surface area contributed by atoms with E-state index in [-0.39, 0.29) is 12.0 Å². The summed E-state index contributed by atoms with van der Waals surface area (Å²) in [6.45, 7) is 7.70. The van der Waals surface area contributed by atoms with Gasteiger partial charge in [0.1, 0.15) is 11.9 Å². The zero-order valence-electron chi connectivity index (χ0n) is 12.9. The number of carbonyl (C=O) groups is 1. The van der Waals surface area contributed by atoms with Crippen LogP contribution in [0.1, 0.15) is 26.1 Å². The molecule has 0 amide bonds. The predicted octanol–water partition coefficient (Wildman–Crippen LogP) is 2.28. The van der Waals surface area contributed by atoms with E-state index in [1.54, 1.807) is 0 Å². The van der Waals surface area contributed by atoms with Crippen molar-refractivity contribution in [3.8, 4) is 0 Å². The number of nitrogens with one attached hydrogen (secondary N) is 1. The normalized spacial score (nSPS) is 12.5. The van der Waals surface area contributed by atoms with Gasteiger partial charge in [0, 0.05) is 6.54 Å². The number of aryl methyl sites for hydroxylation is 2. The minimum absolute atomic E-state index is 0.179. The van der Waals surface area contributed by atoms with E-state index in [2.05, 4.69) is 20.9 Å². The molecule has 114 valence electrons. The van der Waals surface area contributed by atoms with E-state index in [1.807, 2.05) is 39.0 Å². The minimum Gasteiger partial charge on any atom is -0.465 e. The van der Waals surface area contributed by atoms with Crippen molar-refractivity contribution in [1.29, 1.82) is 0 Å². The second kappa shape index (κ2) is 7.22. The highest BCUT2D eigenvalue weighted by molar-refractivity contribution is 5.76. The van der Waals surface area contributed by atoms with Gasteiger partial charge in [-0.1, -0.05) is 19.1 Å². The van der Waals surface area contributed by atoms with Crippen molar-refractivity contribution >= 4 is 17.0 Å². The van der Waals surface area contributed by atoms with Crippen LogP contribution in [0.15, 0.2) is 24.3 Å². The van der Waals surface area contributed by atoms with Crippen LogP contribution in [0.25, 0.3) is 11.0 Å². The Morgan fingerprint density at radius 2 is 2.14 bits per heavy atom. The molecule has 2 aromatic rings. The predicted molar refractivity (Wildman–Crippen MR) is 83.2 cm³/mol. The van der Waals surface area contributed by atoms with E-state index in [4.69, 9.17) is 4.74 Å². The molecule has 5 heteroatoms. The number of benzene rings is 1. The third-order valence-electron chi connectivity index (χ3n) is 3.51. The molecule has 1 heterocycles. The van der Waals surface area contributed by atoms with Crippen molar-refractivity contribution in [2.45, 2.75) is 39.8 Å². The van der Waals surface area contributed by atoms with Crippen molar-refractivity contribution < 1.29 is 9.53 Å². The Bertz CT molecular complexity index is 607.